The smallest absolute Gasteiger partial charge is 0.325 e. The lowest BCUT2D eigenvalue weighted by atomic mass is 10.3. The fraction of sp³-hybridized carbons (Fsp3) is 0.333. The second-order valence-corrected chi connectivity index (χ2v) is 1.88. The highest BCUT2D eigenvalue weighted by Gasteiger charge is 2.14. The summed E-state index contributed by atoms with van der Waals surface area (Å²) in [4.78, 5) is 29.9. The molecule has 66 valence electrons. The monoisotopic (exact) mass is 173 g/mol. The lowest BCUT2D eigenvalue weighted by molar-refractivity contribution is -0.139. The Morgan fingerprint density at radius 3 is 2.42 bits per heavy atom. The number of hydrogen-bond donors (Lipinski definition) is 3. The van der Waals surface area contributed by atoms with Crippen LogP contribution in [0, 0.1) is 0 Å². The van der Waals surface area contributed by atoms with Gasteiger partial charge >= 0.3 is 11.9 Å². The van der Waals surface area contributed by atoms with Gasteiger partial charge in [0.05, 0.1) is 6.54 Å². The van der Waals surface area contributed by atoms with E-state index in [0.717, 1.165) is 0 Å². The lowest BCUT2D eigenvalue weighted by Crippen LogP contribution is -2.38. The van der Waals surface area contributed by atoms with Crippen LogP contribution >= 0.6 is 0 Å². The highest BCUT2D eigenvalue weighted by molar-refractivity contribution is 5.79. The molecule has 0 aromatic carbocycles. The fourth-order valence-electron chi connectivity index (χ4n) is 0.483. The molecule has 0 heterocycles. The highest BCUT2D eigenvalue weighted by Crippen LogP contribution is 1.82. The standard InChI is InChI=1S/C6H7NO5/c8-2-1-4(6(11)12)7-3-5(9)10/h1,4,7H,3H2,(H,9,10)(H,11,12). The van der Waals surface area contributed by atoms with Crippen molar-refractivity contribution in [3.63, 3.8) is 0 Å². The van der Waals surface area contributed by atoms with Crippen molar-refractivity contribution in [3.8, 4) is 0 Å². The van der Waals surface area contributed by atoms with Crippen LogP contribution in [0.4, 0.5) is 0 Å². The minimum absolute atomic E-state index is 0.519. The number of hydrogen-bond acceptors (Lipinski definition) is 4. The van der Waals surface area contributed by atoms with Crippen molar-refractivity contribution in [3.05, 3.63) is 6.08 Å². The van der Waals surface area contributed by atoms with E-state index in [1.807, 2.05) is 0 Å². The average molecular weight is 173 g/mol. The van der Waals surface area contributed by atoms with Crippen molar-refractivity contribution in [1.82, 2.24) is 5.32 Å². The van der Waals surface area contributed by atoms with Crippen LogP contribution in [0.15, 0.2) is 6.08 Å². The molecule has 0 aliphatic rings. The molecule has 0 radical (unpaired) electrons. The van der Waals surface area contributed by atoms with Crippen LogP contribution in [0.25, 0.3) is 0 Å². The van der Waals surface area contributed by atoms with E-state index in [9.17, 15) is 14.4 Å². The number of aliphatic carboxylic acids is 2. The molecule has 12 heavy (non-hydrogen) atoms. The molecular weight excluding hydrogens is 166 g/mol. The van der Waals surface area contributed by atoms with Gasteiger partial charge in [0.25, 0.3) is 0 Å². The van der Waals surface area contributed by atoms with E-state index in [1.54, 1.807) is 0 Å². The first kappa shape index (κ1) is 10.3. The van der Waals surface area contributed by atoms with Crippen molar-refractivity contribution in [1.29, 1.82) is 0 Å². The molecule has 0 spiro atoms. The Bertz CT molecular complexity index is 228. The van der Waals surface area contributed by atoms with Crippen LogP contribution in [-0.4, -0.2) is 40.7 Å². The van der Waals surface area contributed by atoms with Gasteiger partial charge in [-0.1, -0.05) is 0 Å². The summed E-state index contributed by atoms with van der Waals surface area (Å²) in [6.45, 7) is -0.519. The summed E-state index contributed by atoms with van der Waals surface area (Å²) in [6.07, 6.45) is 0.700. The lowest BCUT2D eigenvalue weighted by Gasteiger charge is -2.04. The Balaban J connectivity index is 4.05. The molecule has 0 aliphatic carbocycles. The van der Waals surface area contributed by atoms with E-state index >= 15 is 0 Å². The van der Waals surface area contributed by atoms with E-state index < -0.39 is 24.5 Å². The largest absolute Gasteiger partial charge is 0.480 e. The summed E-state index contributed by atoms with van der Waals surface area (Å²) >= 11 is 0. The van der Waals surface area contributed by atoms with Gasteiger partial charge in [-0.05, 0) is 0 Å². The molecule has 0 amide bonds. The van der Waals surface area contributed by atoms with Crippen LogP contribution in [0.5, 0.6) is 0 Å². The minimum Gasteiger partial charge on any atom is -0.480 e. The topological polar surface area (TPSA) is 104 Å². The number of carbonyl (C=O) groups is 2. The van der Waals surface area contributed by atoms with E-state index in [2.05, 4.69) is 5.32 Å². The predicted octanol–water partition coefficient (Wildman–Crippen LogP) is -1.50. The van der Waals surface area contributed by atoms with Crippen molar-refractivity contribution < 1.29 is 24.6 Å². The van der Waals surface area contributed by atoms with Gasteiger partial charge in [0.15, 0.2) is 0 Å². The van der Waals surface area contributed by atoms with Crippen molar-refractivity contribution in [2.45, 2.75) is 6.04 Å². The zero-order valence-corrected chi connectivity index (χ0v) is 5.98. The van der Waals surface area contributed by atoms with Gasteiger partial charge in [-0.3, -0.25) is 14.9 Å². The van der Waals surface area contributed by atoms with Crippen LogP contribution in [0.3, 0.4) is 0 Å². The number of carbonyl (C=O) groups excluding carboxylic acids is 1. The van der Waals surface area contributed by atoms with Gasteiger partial charge in [-0.25, -0.2) is 4.79 Å². The Morgan fingerprint density at radius 1 is 1.50 bits per heavy atom. The Morgan fingerprint density at radius 2 is 2.08 bits per heavy atom. The zero-order valence-electron chi connectivity index (χ0n) is 5.98. The summed E-state index contributed by atoms with van der Waals surface area (Å²) in [5.41, 5.74) is 0. The third kappa shape index (κ3) is 4.21. The molecule has 6 nitrogen and oxygen atoms in total. The second-order valence-electron chi connectivity index (χ2n) is 1.88. The number of carboxylic acids is 2. The summed E-state index contributed by atoms with van der Waals surface area (Å²) in [6, 6.07) is -1.29. The maximum Gasteiger partial charge on any atom is 0.325 e. The van der Waals surface area contributed by atoms with E-state index in [4.69, 9.17) is 10.2 Å². The van der Waals surface area contributed by atoms with Gasteiger partial charge < -0.3 is 10.2 Å². The zero-order chi connectivity index (χ0) is 9.56. The van der Waals surface area contributed by atoms with Crippen LogP contribution in [0.2, 0.25) is 0 Å². The first-order valence-corrected chi connectivity index (χ1v) is 2.97. The second kappa shape index (κ2) is 5.06. The number of nitrogens with one attached hydrogen (secondary N) is 1. The average Bonchev–Trinajstić information content (AvgIpc) is 1.96. The highest BCUT2D eigenvalue weighted by atomic mass is 16.4. The molecule has 0 rings (SSSR count). The van der Waals surface area contributed by atoms with Gasteiger partial charge in [0.1, 0.15) is 12.0 Å². The third-order valence-corrected chi connectivity index (χ3v) is 0.974. The fourth-order valence-corrected chi connectivity index (χ4v) is 0.483. The van der Waals surface area contributed by atoms with Crippen LogP contribution in [-0.2, 0) is 14.4 Å². The molecule has 0 saturated heterocycles. The van der Waals surface area contributed by atoms with Gasteiger partial charge in [-0.15, -0.1) is 0 Å². The van der Waals surface area contributed by atoms with Crippen molar-refractivity contribution in [2.75, 3.05) is 6.54 Å². The normalized spacial score (nSPS) is 11.3. The molecule has 3 N–H and O–H groups in total. The summed E-state index contributed by atoms with van der Waals surface area (Å²) in [5.74, 6) is -1.25. The van der Waals surface area contributed by atoms with E-state index in [1.165, 1.54) is 5.94 Å². The third-order valence-electron chi connectivity index (χ3n) is 0.974. The van der Waals surface area contributed by atoms with Crippen molar-refractivity contribution >= 4 is 17.9 Å². The predicted molar refractivity (Wildman–Crippen MR) is 37.3 cm³/mol. The molecule has 1 unspecified atom stereocenters. The van der Waals surface area contributed by atoms with Crippen molar-refractivity contribution in [2.24, 2.45) is 0 Å². The minimum atomic E-state index is -1.32. The van der Waals surface area contributed by atoms with Crippen LogP contribution < -0.4 is 5.32 Å². The summed E-state index contributed by atoms with van der Waals surface area (Å²) in [7, 11) is 0. The summed E-state index contributed by atoms with van der Waals surface area (Å²) in [5, 5.41) is 18.6. The van der Waals surface area contributed by atoms with E-state index in [0.29, 0.717) is 6.08 Å². The van der Waals surface area contributed by atoms with Gasteiger partial charge in [0, 0.05) is 6.08 Å². The van der Waals surface area contributed by atoms with Crippen LogP contribution in [0.1, 0.15) is 0 Å². The van der Waals surface area contributed by atoms with E-state index in [-0.39, 0.29) is 0 Å². The number of carboxylic acid groups (broad SMARTS) is 2. The Hall–Kier alpha value is -1.65. The van der Waals surface area contributed by atoms with Gasteiger partial charge in [-0.2, -0.15) is 0 Å². The molecule has 0 bridgehead atoms. The Labute approximate surface area is 67.5 Å². The van der Waals surface area contributed by atoms with Gasteiger partial charge in [0.2, 0.25) is 0 Å². The molecule has 0 aliphatic heterocycles. The summed E-state index contributed by atoms with van der Waals surface area (Å²) < 4.78 is 0. The first-order valence-electron chi connectivity index (χ1n) is 2.97. The maximum absolute atomic E-state index is 10.2. The maximum atomic E-state index is 10.2. The molecule has 0 aromatic heterocycles. The quantitative estimate of drug-likeness (QED) is 0.437. The molecule has 1 atom stereocenters. The number of rotatable bonds is 5. The molecule has 0 fully saturated rings. The SMILES string of the molecule is O=C=CC(NCC(=O)O)C(=O)O. The molecule has 6 heteroatoms. The molecular formula is C6H7NO5. The molecule has 0 aromatic rings. The molecule has 0 saturated carbocycles. The Kier molecular flexibility index (Phi) is 4.36. The first-order chi connectivity index (χ1) is 5.57.